The number of ether oxygens (including phenoxy) is 3. The number of rotatable bonds is 7. The van der Waals surface area contributed by atoms with Gasteiger partial charge < -0.3 is 19.5 Å². The molecule has 1 N–H and O–H groups in total. The maximum absolute atomic E-state index is 12.1. The van der Waals surface area contributed by atoms with E-state index in [2.05, 4.69) is 14.8 Å². The lowest BCUT2D eigenvalue weighted by Gasteiger charge is -2.09. The Hall–Kier alpha value is -3.49. The van der Waals surface area contributed by atoms with Crippen LogP contribution in [0, 0.1) is 0 Å². The molecule has 1 amide bonds. The Kier molecular flexibility index (Phi) is 6.81. The van der Waals surface area contributed by atoms with Crippen LogP contribution in [-0.4, -0.2) is 38.2 Å². The first-order chi connectivity index (χ1) is 12.9. The molecule has 0 heterocycles. The Labute approximate surface area is 152 Å². The third-order valence-electron chi connectivity index (χ3n) is 3.25. The molecule has 0 aromatic heterocycles. The van der Waals surface area contributed by atoms with E-state index < -0.39 is 31.1 Å². The molecule has 0 bridgehead atoms. The van der Waals surface area contributed by atoms with Gasteiger partial charge in [0.1, 0.15) is 5.75 Å². The molecule has 27 heavy (non-hydrogen) atoms. The highest BCUT2D eigenvalue weighted by molar-refractivity contribution is 6.04. The Balaban J connectivity index is 1.92. The molecular weight excluding hydrogens is 364 g/mol. The average Bonchev–Trinajstić information content (AvgIpc) is 2.66. The van der Waals surface area contributed by atoms with Crippen LogP contribution in [-0.2, 0) is 14.3 Å². The molecule has 0 aliphatic heterocycles. The van der Waals surface area contributed by atoms with E-state index in [-0.39, 0.29) is 16.9 Å². The van der Waals surface area contributed by atoms with Crippen LogP contribution in [0.2, 0.25) is 0 Å². The van der Waals surface area contributed by atoms with Gasteiger partial charge in [-0.3, -0.25) is 4.79 Å². The maximum Gasteiger partial charge on any atom is 0.387 e. The monoisotopic (exact) mass is 379 g/mol. The van der Waals surface area contributed by atoms with Gasteiger partial charge in [0.2, 0.25) is 0 Å². The van der Waals surface area contributed by atoms with Crippen LogP contribution in [0.15, 0.2) is 48.5 Å². The van der Waals surface area contributed by atoms with E-state index in [0.717, 1.165) is 0 Å². The molecule has 0 unspecified atom stereocenters. The molecule has 0 saturated heterocycles. The van der Waals surface area contributed by atoms with Crippen molar-refractivity contribution >= 4 is 23.5 Å². The van der Waals surface area contributed by atoms with Crippen LogP contribution in [0.3, 0.4) is 0 Å². The molecule has 9 heteroatoms. The third-order valence-corrected chi connectivity index (χ3v) is 3.25. The Morgan fingerprint density at radius 2 is 1.56 bits per heavy atom. The zero-order valence-corrected chi connectivity index (χ0v) is 14.1. The summed E-state index contributed by atoms with van der Waals surface area (Å²) in [5.41, 5.74) is 0.276. The van der Waals surface area contributed by atoms with Crippen LogP contribution < -0.4 is 10.1 Å². The second-order valence-corrected chi connectivity index (χ2v) is 5.06. The molecule has 2 aromatic carbocycles. The number of amides is 1. The van der Waals surface area contributed by atoms with Gasteiger partial charge in [0.25, 0.3) is 5.91 Å². The van der Waals surface area contributed by atoms with Gasteiger partial charge in [-0.05, 0) is 36.4 Å². The highest BCUT2D eigenvalue weighted by Crippen LogP contribution is 2.17. The van der Waals surface area contributed by atoms with Crippen LogP contribution in [0.4, 0.5) is 14.5 Å². The summed E-state index contributed by atoms with van der Waals surface area (Å²) in [6, 6.07) is 11.1. The number of benzene rings is 2. The van der Waals surface area contributed by atoms with E-state index in [9.17, 15) is 23.2 Å². The Morgan fingerprint density at radius 3 is 2.11 bits per heavy atom. The van der Waals surface area contributed by atoms with Gasteiger partial charge in [0.15, 0.2) is 6.61 Å². The Bertz CT molecular complexity index is 823. The van der Waals surface area contributed by atoms with Gasteiger partial charge >= 0.3 is 18.6 Å². The van der Waals surface area contributed by atoms with Crippen molar-refractivity contribution in [2.75, 3.05) is 19.0 Å². The summed E-state index contributed by atoms with van der Waals surface area (Å²) in [6.45, 7) is -3.55. The summed E-state index contributed by atoms with van der Waals surface area (Å²) in [5.74, 6) is -2.29. The lowest BCUT2D eigenvalue weighted by molar-refractivity contribution is -0.119. The van der Waals surface area contributed by atoms with Crippen molar-refractivity contribution in [2.24, 2.45) is 0 Å². The molecule has 0 saturated carbocycles. The normalized spacial score (nSPS) is 10.2. The second-order valence-electron chi connectivity index (χ2n) is 5.06. The minimum Gasteiger partial charge on any atom is -0.465 e. The van der Waals surface area contributed by atoms with Crippen LogP contribution >= 0.6 is 0 Å². The first-order valence-corrected chi connectivity index (χ1v) is 7.60. The number of anilines is 1. The Morgan fingerprint density at radius 1 is 0.963 bits per heavy atom. The topological polar surface area (TPSA) is 90.9 Å². The predicted molar refractivity (Wildman–Crippen MR) is 89.8 cm³/mol. The summed E-state index contributed by atoms with van der Waals surface area (Å²) in [7, 11) is 1.18. The smallest absolute Gasteiger partial charge is 0.387 e. The fourth-order valence-corrected chi connectivity index (χ4v) is 2.07. The van der Waals surface area contributed by atoms with Crippen molar-refractivity contribution in [3.8, 4) is 5.75 Å². The van der Waals surface area contributed by atoms with Crippen molar-refractivity contribution < 1.29 is 37.4 Å². The van der Waals surface area contributed by atoms with Gasteiger partial charge in [0, 0.05) is 5.69 Å². The summed E-state index contributed by atoms with van der Waals surface area (Å²) in [4.78, 5) is 35.6. The van der Waals surface area contributed by atoms with E-state index in [1.807, 2.05) is 0 Å². The lowest BCUT2D eigenvalue weighted by atomic mass is 10.1. The van der Waals surface area contributed by atoms with E-state index in [4.69, 9.17) is 4.74 Å². The molecule has 0 spiro atoms. The van der Waals surface area contributed by atoms with Crippen LogP contribution in [0.5, 0.6) is 5.75 Å². The highest BCUT2D eigenvalue weighted by Gasteiger charge is 2.19. The van der Waals surface area contributed by atoms with E-state index in [1.54, 1.807) is 6.07 Å². The number of halogens is 2. The van der Waals surface area contributed by atoms with E-state index in [1.165, 1.54) is 49.6 Å². The van der Waals surface area contributed by atoms with Crippen molar-refractivity contribution in [2.45, 2.75) is 6.61 Å². The van der Waals surface area contributed by atoms with Crippen LogP contribution in [0.1, 0.15) is 20.7 Å². The minimum absolute atomic E-state index is 0.0139. The zero-order chi connectivity index (χ0) is 19.8. The zero-order valence-electron chi connectivity index (χ0n) is 14.1. The maximum atomic E-state index is 12.1. The number of nitrogens with one attached hydrogen (secondary N) is 1. The van der Waals surface area contributed by atoms with E-state index in [0.29, 0.717) is 5.69 Å². The summed E-state index contributed by atoms with van der Waals surface area (Å²) >= 11 is 0. The molecule has 7 nitrogen and oxygen atoms in total. The number of methoxy groups -OCH3 is 1. The van der Waals surface area contributed by atoms with Gasteiger partial charge in [0.05, 0.1) is 18.2 Å². The molecule has 2 rings (SSSR count). The number of hydrogen-bond donors (Lipinski definition) is 1. The lowest BCUT2D eigenvalue weighted by Crippen LogP contribution is -2.22. The number of carbonyl (C=O) groups is 3. The SMILES string of the molecule is COC(=O)c1ccccc1C(=O)OCC(=O)Nc1ccc(OC(F)F)cc1. The molecule has 2 aromatic rings. The summed E-state index contributed by atoms with van der Waals surface area (Å²) < 4.78 is 37.8. The van der Waals surface area contributed by atoms with Gasteiger partial charge in [-0.2, -0.15) is 8.78 Å². The van der Waals surface area contributed by atoms with Crippen LogP contribution in [0.25, 0.3) is 0 Å². The number of esters is 2. The molecule has 0 aliphatic rings. The van der Waals surface area contributed by atoms with Gasteiger partial charge in [-0.1, -0.05) is 12.1 Å². The molecule has 142 valence electrons. The predicted octanol–water partition coefficient (Wildman–Crippen LogP) is 2.87. The molecule has 0 fully saturated rings. The third kappa shape index (κ3) is 5.77. The number of carbonyl (C=O) groups excluding carboxylic acids is 3. The first kappa shape index (κ1) is 19.8. The number of hydrogen-bond acceptors (Lipinski definition) is 6. The molecular formula is C18H15F2NO6. The fourth-order valence-electron chi connectivity index (χ4n) is 2.07. The van der Waals surface area contributed by atoms with E-state index >= 15 is 0 Å². The highest BCUT2D eigenvalue weighted by atomic mass is 19.3. The second kappa shape index (κ2) is 9.27. The summed E-state index contributed by atoms with van der Waals surface area (Å²) in [6.07, 6.45) is 0. The quantitative estimate of drug-likeness (QED) is 0.744. The molecule has 0 atom stereocenters. The number of alkyl halides is 2. The first-order valence-electron chi connectivity index (χ1n) is 7.60. The van der Waals surface area contributed by atoms with Gasteiger partial charge in [-0.15, -0.1) is 0 Å². The minimum atomic E-state index is -2.95. The molecule has 0 aliphatic carbocycles. The van der Waals surface area contributed by atoms with Gasteiger partial charge in [-0.25, -0.2) is 9.59 Å². The van der Waals surface area contributed by atoms with Crippen molar-refractivity contribution in [1.82, 2.24) is 0 Å². The van der Waals surface area contributed by atoms with Crippen molar-refractivity contribution in [1.29, 1.82) is 0 Å². The fraction of sp³-hybridized carbons (Fsp3) is 0.167. The molecule has 0 radical (unpaired) electrons. The largest absolute Gasteiger partial charge is 0.465 e. The standard InChI is InChI=1S/C18H15F2NO6/c1-25-16(23)13-4-2-3-5-14(13)17(24)26-10-15(22)21-11-6-8-12(9-7-11)27-18(19)20/h2-9,18H,10H2,1H3,(H,21,22). The van der Waals surface area contributed by atoms with Crippen molar-refractivity contribution in [3.05, 3.63) is 59.7 Å². The van der Waals surface area contributed by atoms with Crippen molar-refractivity contribution in [3.63, 3.8) is 0 Å². The summed E-state index contributed by atoms with van der Waals surface area (Å²) in [5, 5.41) is 2.43. The average molecular weight is 379 g/mol.